The number of piperidine rings is 1. The predicted octanol–water partition coefficient (Wildman–Crippen LogP) is -0.197. The fourth-order valence-electron chi connectivity index (χ4n) is 2.29. The molecule has 2 saturated heterocycles. The summed E-state index contributed by atoms with van der Waals surface area (Å²) in [5.41, 5.74) is -0.103. The fraction of sp³-hybridized carbons (Fsp3) is 0.818. The van der Waals surface area contributed by atoms with Crippen molar-refractivity contribution < 1.29 is 9.59 Å². The summed E-state index contributed by atoms with van der Waals surface area (Å²) in [4.78, 5) is 23.0. The molecule has 3 N–H and O–H groups in total. The Hall–Kier alpha value is -0.810. The Morgan fingerprint density at radius 2 is 2.06 bits per heavy atom. The van der Waals surface area contributed by atoms with Gasteiger partial charge in [0.05, 0.1) is 5.92 Å². The molecule has 1 unspecified atom stereocenters. The van der Waals surface area contributed by atoms with Crippen molar-refractivity contribution in [1.82, 2.24) is 16.0 Å². The average Bonchev–Trinajstić information content (AvgIpc) is 2.65. The highest BCUT2D eigenvalue weighted by Crippen LogP contribution is 2.19. The highest BCUT2D eigenvalue weighted by Gasteiger charge is 2.34. The summed E-state index contributed by atoms with van der Waals surface area (Å²) in [7, 11) is 0. The largest absolute Gasteiger partial charge is 0.355 e. The maximum absolute atomic E-state index is 11.9. The van der Waals surface area contributed by atoms with Gasteiger partial charge in [0, 0.05) is 18.5 Å². The number of hydrogen-bond donors (Lipinski definition) is 3. The predicted molar refractivity (Wildman–Crippen MR) is 67.0 cm³/mol. The van der Waals surface area contributed by atoms with E-state index in [1.807, 2.05) is 0 Å². The molecule has 2 aliphatic heterocycles. The third-order valence-electron chi connectivity index (χ3n) is 3.48. The van der Waals surface area contributed by atoms with Gasteiger partial charge in [-0.1, -0.05) is 0 Å². The summed E-state index contributed by atoms with van der Waals surface area (Å²) in [5, 5.41) is 9.05. The molecule has 2 rings (SSSR count). The van der Waals surface area contributed by atoms with Crippen molar-refractivity contribution in [2.75, 3.05) is 19.6 Å². The summed E-state index contributed by atoms with van der Waals surface area (Å²) >= 11 is 0. The van der Waals surface area contributed by atoms with Crippen LogP contribution in [0.15, 0.2) is 0 Å². The van der Waals surface area contributed by atoms with Crippen LogP contribution in [0.3, 0.4) is 0 Å². The second-order valence-electron chi connectivity index (χ2n) is 5.01. The Morgan fingerprint density at radius 1 is 1.41 bits per heavy atom. The molecule has 98 valence electrons. The molecule has 6 heteroatoms. The van der Waals surface area contributed by atoms with Crippen LogP contribution >= 0.6 is 12.4 Å². The van der Waals surface area contributed by atoms with Crippen molar-refractivity contribution in [2.45, 2.75) is 31.7 Å². The van der Waals surface area contributed by atoms with Crippen LogP contribution < -0.4 is 16.0 Å². The number of amides is 2. The lowest BCUT2D eigenvalue weighted by molar-refractivity contribution is -0.128. The molecular formula is C11H20ClN3O2. The van der Waals surface area contributed by atoms with Gasteiger partial charge in [-0.3, -0.25) is 9.59 Å². The van der Waals surface area contributed by atoms with E-state index in [1.54, 1.807) is 0 Å². The Bertz CT molecular complexity index is 303. The van der Waals surface area contributed by atoms with Crippen LogP contribution in [-0.2, 0) is 9.59 Å². The Morgan fingerprint density at radius 3 is 2.59 bits per heavy atom. The Kier molecular flexibility index (Phi) is 4.77. The Balaban J connectivity index is 0.00000144. The lowest BCUT2D eigenvalue weighted by Crippen LogP contribution is -2.53. The van der Waals surface area contributed by atoms with Crippen LogP contribution in [0, 0.1) is 5.92 Å². The molecule has 2 amide bonds. The molecule has 0 spiro atoms. The molecule has 0 aliphatic carbocycles. The van der Waals surface area contributed by atoms with E-state index in [0.29, 0.717) is 13.0 Å². The maximum Gasteiger partial charge on any atom is 0.225 e. The number of rotatable bonds is 2. The Labute approximate surface area is 108 Å². The van der Waals surface area contributed by atoms with E-state index in [4.69, 9.17) is 0 Å². The fourth-order valence-corrected chi connectivity index (χ4v) is 2.29. The van der Waals surface area contributed by atoms with E-state index in [0.717, 1.165) is 25.9 Å². The zero-order valence-corrected chi connectivity index (χ0v) is 10.9. The molecule has 2 heterocycles. The van der Waals surface area contributed by atoms with E-state index in [9.17, 15) is 9.59 Å². The van der Waals surface area contributed by atoms with Crippen molar-refractivity contribution in [1.29, 1.82) is 0 Å². The average molecular weight is 262 g/mol. The van der Waals surface area contributed by atoms with E-state index in [1.165, 1.54) is 0 Å². The standard InChI is InChI=1S/C11H19N3O2.ClH/c1-11(2-4-12-5-3-11)14-10(16)8-6-9(15)13-7-8;/h8,12H,2-7H2,1H3,(H,13,15)(H,14,16);1H. The number of hydrogen-bond acceptors (Lipinski definition) is 3. The zero-order chi connectivity index (χ0) is 11.6. The molecule has 2 fully saturated rings. The van der Waals surface area contributed by atoms with Crippen LogP contribution in [0.4, 0.5) is 0 Å². The molecule has 1 atom stereocenters. The molecule has 0 aromatic rings. The first-order valence-corrected chi connectivity index (χ1v) is 5.88. The summed E-state index contributed by atoms with van der Waals surface area (Å²) in [6.07, 6.45) is 2.24. The monoisotopic (exact) mass is 261 g/mol. The van der Waals surface area contributed by atoms with Gasteiger partial charge in [0.2, 0.25) is 11.8 Å². The molecular weight excluding hydrogens is 242 g/mol. The minimum absolute atomic E-state index is 0. The summed E-state index contributed by atoms with van der Waals surface area (Å²) in [6.45, 7) is 4.45. The van der Waals surface area contributed by atoms with Crippen LogP contribution in [0.1, 0.15) is 26.2 Å². The SMILES string of the molecule is CC1(NC(=O)C2CNC(=O)C2)CCNCC1.Cl. The summed E-state index contributed by atoms with van der Waals surface area (Å²) < 4.78 is 0. The van der Waals surface area contributed by atoms with E-state index in [-0.39, 0.29) is 35.7 Å². The molecule has 17 heavy (non-hydrogen) atoms. The minimum Gasteiger partial charge on any atom is -0.355 e. The summed E-state index contributed by atoms with van der Waals surface area (Å²) in [5.74, 6) is -0.183. The van der Waals surface area contributed by atoms with Crippen molar-refractivity contribution in [3.8, 4) is 0 Å². The van der Waals surface area contributed by atoms with Crippen molar-refractivity contribution in [2.24, 2.45) is 5.92 Å². The number of carbonyl (C=O) groups is 2. The highest BCUT2D eigenvalue weighted by atomic mass is 35.5. The van der Waals surface area contributed by atoms with Gasteiger partial charge < -0.3 is 16.0 Å². The molecule has 2 aliphatic rings. The van der Waals surface area contributed by atoms with Gasteiger partial charge >= 0.3 is 0 Å². The maximum atomic E-state index is 11.9. The molecule has 0 saturated carbocycles. The third-order valence-corrected chi connectivity index (χ3v) is 3.48. The zero-order valence-electron chi connectivity index (χ0n) is 10.0. The minimum atomic E-state index is -0.181. The molecule has 0 bridgehead atoms. The first-order valence-electron chi connectivity index (χ1n) is 5.88. The van der Waals surface area contributed by atoms with Crippen LogP contribution in [0.2, 0.25) is 0 Å². The topological polar surface area (TPSA) is 70.2 Å². The quantitative estimate of drug-likeness (QED) is 0.645. The van der Waals surface area contributed by atoms with Crippen molar-refractivity contribution in [3.05, 3.63) is 0 Å². The lowest BCUT2D eigenvalue weighted by Gasteiger charge is -2.35. The van der Waals surface area contributed by atoms with Crippen molar-refractivity contribution >= 4 is 24.2 Å². The van der Waals surface area contributed by atoms with E-state index < -0.39 is 0 Å². The molecule has 0 aromatic carbocycles. The third kappa shape index (κ3) is 3.57. The van der Waals surface area contributed by atoms with Gasteiger partial charge in [-0.2, -0.15) is 0 Å². The van der Waals surface area contributed by atoms with Crippen molar-refractivity contribution in [3.63, 3.8) is 0 Å². The lowest BCUT2D eigenvalue weighted by atomic mass is 9.89. The number of nitrogens with one attached hydrogen (secondary N) is 3. The normalized spacial score (nSPS) is 26.9. The van der Waals surface area contributed by atoms with Gasteiger partial charge in [0.25, 0.3) is 0 Å². The van der Waals surface area contributed by atoms with Crippen LogP contribution in [0.5, 0.6) is 0 Å². The van der Waals surface area contributed by atoms with E-state index in [2.05, 4.69) is 22.9 Å². The molecule has 5 nitrogen and oxygen atoms in total. The van der Waals surface area contributed by atoms with E-state index >= 15 is 0 Å². The number of carbonyl (C=O) groups excluding carboxylic acids is 2. The van der Waals surface area contributed by atoms with Crippen LogP contribution in [0.25, 0.3) is 0 Å². The second kappa shape index (κ2) is 5.69. The van der Waals surface area contributed by atoms with Crippen LogP contribution in [-0.4, -0.2) is 37.0 Å². The van der Waals surface area contributed by atoms with Gasteiger partial charge in [0.1, 0.15) is 0 Å². The van der Waals surface area contributed by atoms with Gasteiger partial charge in [-0.15, -0.1) is 12.4 Å². The highest BCUT2D eigenvalue weighted by molar-refractivity contribution is 5.89. The first kappa shape index (κ1) is 14.3. The second-order valence-corrected chi connectivity index (χ2v) is 5.01. The molecule has 0 aromatic heterocycles. The smallest absolute Gasteiger partial charge is 0.225 e. The first-order chi connectivity index (χ1) is 7.59. The molecule has 0 radical (unpaired) electrons. The van der Waals surface area contributed by atoms with Gasteiger partial charge in [-0.25, -0.2) is 0 Å². The summed E-state index contributed by atoms with van der Waals surface area (Å²) in [6, 6.07) is 0. The number of halogens is 1. The van der Waals surface area contributed by atoms with Gasteiger partial charge in [0.15, 0.2) is 0 Å². The van der Waals surface area contributed by atoms with Gasteiger partial charge in [-0.05, 0) is 32.9 Å².